The molecule has 0 saturated heterocycles. The minimum atomic E-state index is -0.365. The lowest BCUT2D eigenvalue weighted by molar-refractivity contribution is -0.442. The Bertz CT molecular complexity index is 2250. The van der Waals surface area contributed by atoms with Crippen molar-refractivity contribution in [3.63, 3.8) is 0 Å². The molecular formula is C62H100ClN5O18. The molecule has 0 bridgehead atoms. The standard InChI is InChI=1S/C62H100N5O18.ClH/c1-61(2)55-51-53(84-49-47-82-45-43-80-40-37-76-28-25-70-7)13-15-57(55)66(18-21-72-30-33-78-38-35-74-26-23-68-5)59(61)11-9-8-10-12-60-62(3,4)56-52-54(85-50-48-83-46-44-81-42-41-77-32-29-71-20-17-64-65-63)14-16-58(56)67(60)19-22-73-31-34-79-39-36-75-27-24-69-6;/h8-16,51-52H,17-50H2,1-7H3;1H/q+1;/p-1. The second kappa shape index (κ2) is 48.6. The number of nitrogens with zero attached hydrogens (tertiary/aromatic N) is 5. The maximum Gasteiger partial charge on any atom is 0.210 e. The molecule has 2 aromatic rings. The number of azide groups is 1. The Hall–Kier alpha value is -4.31. The van der Waals surface area contributed by atoms with Gasteiger partial charge in [-0.25, -0.2) is 0 Å². The molecule has 2 aliphatic heterocycles. The summed E-state index contributed by atoms with van der Waals surface area (Å²) in [6, 6.07) is 12.6. The van der Waals surface area contributed by atoms with Gasteiger partial charge in [0.1, 0.15) is 31.3 Å². The van der Waals surface area contributed by atoms with Gasteiger partial charge in [-0.15, -0.1) is 0 Å². The molecule has 0 radical (unpaired) electrons. The zero-order chi connectivity index (χ0) is 60.7. The van der Waals surface area contributed by atoms with E-state index in [9.17, 15) is 0 Å². The van der Waals surface area contributed by atoms with E-state index in [1.54, 1.807) is 21.3 Å². The van der Waals surface area contributed by atoms with Gasteiger partial charge >= 0.3 is 0 Å². The Morgan fingerprint density at radius 2 is 0.849 bits per heavy atom. The van der Waals surface area contributed by atoms with E-state index in [-0.39, 0.29) is 23.2 Å². The molecule has 0 aromatic heterocycles. The number of halogens is 1. The van der Waals surface area contributed by atoms with E-state index in [2.05, 4.69) is 102 Å². The van der Waals surface area contributed by atoms with Gasteiger partial charge in [-0.2, -0.15) is 4.58 Å². The Balaban J connectivity index is 0.0000194. The number of allylic oxidation sites excluding steroid dienone is 6. The summed E-state index contributed by atoms with van der Waals surface area (Å²) in [5.74, 6) is 1.55. The quantitative estimate of drug-likeness (QED) is 0.0227. The maximum absolute atomic E-state index is 8.32. The molecule has 2 aliphatic rings. The fourth-order valence-electron chi connectivity index (χ4n) is 9.04. The summed E-state index contributed by atoms with van der Waals surface area (Å²) < 4.78 is 104. The van der Waals surface area contributed by atoms with E-state index >= 15 is 0 Å². The molecule has 2 aromatic carbocycles. The summed E-state index contributed by atoms with van der Waals surface area (Å²) in [4.78, 5) is 5.04. The van der Waals surface area contributed by atoms with Crippen LogP contribution in [0, 0.1) is 0 Å². The molecular weight excluding hydrogens is 1140 g/mol. The van der Waals surface area contributed by atoms with Gasteiger partial charge in [-0.3, -0.25) is 0 Å². The molecule has 0 N–H and O–H groups in total. The average molecular weight is 1240 g/mol. The van der Waals surface area contributed by atoms with Gasteiger partial charge in [-0.1, -0.05) is 37.2 Å². The minimum Gasteiger partial charge on any atom is -1.00 e. The van der Waals surface area contributed by atoms with Crippen LogP contribution in [-0.4, -0.2) is 256 Å². The van der Waals surface area contributed by atoms with Crippen LogP contribution < -0.4 is 26.8 Å². The van der Waals surface area contributed by atoms with Crippen molar-refractivity contribution in [1.82, 2.24) is 0 Å². The smallest absolute Gasteiger partial charge is 0.210 e. The summed E-state index contributed by atoms with van der Waals surface area (Å²) in [6.45, 7) is 25.5. The number of ether oxygens (including phenoxy) is 18. The number of benzene rings is 2. The third-order valence-electron chi connectivity index (χ3n) is 13.4. The zero-order valence-corrected chi connectivity index (χ0v) is 53.1. The summed E-state index contributed by atoms with van der Waals surface area (Å²) >= 11 is 0. The number of anilines is 1. The Kier molecular flexibility index (Phi) is 42.9. The fraction of sp³-hybridized carbons (Fsp3) is 0.694. The first-order chi connectivity index (χ1) is 41.7. The second-order valence-corrected chi connectivity index (χ2v) is 20.2. The summed E-state index contributed by atoms with van der Waals surface area (Å²) in [7, 11) is 4.96. The van der Waals surface area contributed by atoms with Crippen LogP contribution in [0.15, 0.2) is 77.6 Å². The third kappa shape index (κ3) is 30.3. The highest BCUT2D eigenvalue weighted by Crippen LogP contribution is 2.49. The molecule has 488 valence electrons. The number of fused-ring (bicyclic) bond motifs is 2. The predicted octanol–water partition coefficient (Wildman–Crippen LogP) is 4.08. The van der Waals surface area contributed by atoms with E-state index in [4.69, 9.17) is 90.8 Å². The maximum atomic E-state index is 8.32. The van der Waals surface area contributed by atoms with Crippen LogP contribution in [0.4, 0.5) is 11.4 Å². The van der Waals surface area contributed by atoms with Crippen molar-refractivity contribution >= 4 is 17.1 Å². The Labute approximate surface area is 517 Å². The topological polar surface area (TPSA) is 221 Å². The molecule has 0 aliphatic carbocycles. The SMILES string of the molecule is COCCOCCOCCOCCOc1ccc2c(c1)C(C)(C)C(/C=C/C=C/C=C1N(CCOCCOCCOCCOC)c3ccc(OCCOCCOCCOCCOCCN=[N+]=[N-])cc3C1(C)C)=[N+]2CCOCCOCCOCCOC.[Cl-]. The van der Waals surface area contributed by atoms with E-state index < -0.39 is 0 Å². The molecule has 2 heterocycles. The van der Waals surface area contributed by atoms with Gasteiger partial charge in [0.25, 0.3) is 0 Å². The first-order valence-electron chi connectivity index (χ1n) is 29.7. The van der Waals surface area contributed by atoms with E-state index in [0.717, 1.165) is 45.4 Å². The lowest BCUT2D eigenvalue weighted by atomic mass is 9.81. The van der Waals surface area contributed by atoms with Gasteiger partial charge in [0, 0.05) is 73.8 Å². The number of hydrogen-bond acceptors (Lipinski definition) is 20. The molecule has 0 fully saturated rings. The molecule has 4 rings (SSSR count). The van der Waals surface area contributed by atoms with Crippen molar-refractivity contribution < 1.29 is 102 Å². The van der Waals surface area contributed by atoms with Crippen LogP contribution in [0.25, 0.3) is 10.4 Å². The molecule has 0 spiro atoms. The van der Waals surface area contributed by atoms with Crippen LogP contribution >= 0.6 is 0 Å². The van der Waals surface area contributed by atoms with Crippen LogP contribution in [-0.2, 0) is 86.6 Å². The normalized spacial score (nSPS) is 14.6. The van der Waals surface area contributed by atoms with Crippen molar-refractivity contribution in [3.8, 4) is 11.5 Å². The first-order valence-corrected chi connectivity index (χ1v) is 29.7. The second-order valence-electron chi connectivity index (χ2n) is 20.2. The first kappa shape index (κ1) is 75.9. The molecule has 23 nitrogen and oxygen atoms in total. The van der Waals surface area contributed by atoms with Gasteiger partial charge in [0.2, 0.25) is 5.69 Å². The van der Waals surface area contributed by atoms with Crippen molar-refractivity contribution in [2.75, 3.05) is 251 Å². The van der Waals surface area contributed by atoms with E-state index in [1.165, 1.54) is 0 Å². The highest BCUT2D eigenvalue weighted by atomic mass is 35.5. The summed E-state index contributed by atoms with van der Waals surface area (Å²) in [5.41, 5.74) is 14.4. The van der Waals surface area contributed by atoms with Gasteiger partial charge in [0.15, 0.2) is 12.3 Å². The van der Waals surface area contributed by atoms with Gasteiger partial charge in [-0.05, 0) is 61.3 Å². The lowest BCUT2D eigenvalue weighted by Gasteiger charge is -2.27. The van der Waals surface area contributed by atoms with Crippen LogP contribution in [0.5, 0.6) is 11.5 Å². The van der Waals surface area contributed by atoms with E-state index in [1.807, 2.05) is 12.1 Å². The summed E-state index contributed by atoms with van der Waals surface area (Å²) in [6.07, 6.45) is 10.7. The van der Waals surface area contributed by atoms with Crippen molar-refractivity contribution in [3.05, 3.63) is 94.0 Å². The lowest BCUT2D eigenvalue weighted by Crippen LogP contribution is -3.00. The number of hydrogen-bond donors (Lipinski definition) is 0. The highest BCUT2D eigenvalue weighted by molar-refractivity contribution is 6.03. The Morgan fingerprint density at radius 1 is 0.453 bits per heavy atom. The zero-order valence-electron chi connectivity index (χ0n) is 52.4. The minimum absolute atomic E-state index is 0. The van der Waals surface area contributed by atoms with Gasteiger partial charge in [0.05, 0.1) is 190 Å². The predicted molar refractivity (Wildman–Crippen MR) is 324 cm³/mol. The average Bonchev–Trinajstić information content (AvgIpc) is 1.80. The third-order valence-corrected chi connectivity index (χ3v) is 13.4. The van der Waals surface area contributed by atoms with Gasteiger partial charge < -0.3 is 103 Å². The summed E-state index contributed by atoms with van der Waals surface area (Å²) in [5, 5.41) is 3.43. The Morgan fingerprint density at radius 3 is 1.30 bits per heavy atom. The number of rotatable bonds is 56. The van der Waals surface area contributed by atoms with E-state index in [0.29, 0.717) is 224 Å². The van der Waals surface area contributed by atoms with Crippen molar-refractivity contribution in [2.45, 2.75) is 38.5 Å². The molecule has 0 unspecified atom stereocenters. The molecule has 0 saturated carbocycles. The molecule has 24 heteroatoms. The molecule has 0 atom stereocenters. The van der Waals surface area contributed by atoms with Crippen molar-refractivity contribution in [2.24, 2.45) is 5.11 Å². The van der Waals surface area contributed by atoms with Crippen LogP contribution in [0.1, 0.15) is 38.8 Å². The largest absolute Gasteiger partial charge is 1.00 e. The fourth-order valence-corrected chi connectivity index (χ4v) is 9.04. The van der Waals surface area contributed by atoms with Crippen LogP contribution in [0.2, 0.25) is 0 Å². The number of methoxy groups -OCH3 is 3. The molecule has 0 amide bonds. The van der Waals surface area contributed by atoms with Crippen molar-refractivity contribution in [1.29, 1.82) is 0 Å². The molecule has 86 heavy (non-hydrogen) atoms. The highest BCUT2D eigenvalue weighted by Gasteiger charge is 2.45. The monoisotopic (exact) mass is 1240 g/mol. The van der Waals surface area contributed by atoms with Crippen LogP contribution in [0.3, 0.4) is 0 Å².